The first kappa shape index (κ1) is 23.2. The van der Waals surface area contributed by atoms with Crippen molar-refractivity contribution in [3.05, 3.63) is 60.2 Å². The minimum Gasteiger partial charge on any atom is -0.489 e. The number of nitrogens with two attached hydrogens (primary N) is 2. The fourth-order valence-electron chi connectivity index (χ4n) is 2.70. The van der Waals surface area contributed by atoms with Crippen LogP contribution in [0.2, 0.25) is 0 Å². The molecule has 2 aromatic carbocycles. The molecule has 0 saturated carbocycles. The van der Waals surface area contributed by atoms with E-state index in [1.807, 2.05) is 30.3 Å². The van der Waals surface area contributed by atoms with Crippen molar-refractivity contribution in [1.82, 2.24) is 5.32 Å². The van der Waals surface area contributed by atoms with Gasteiger partial charge in [0.25, 0.3) is 0 Å². The number of benzene rings is 2. The summed E-state index contributed by atoms with van der Waals surface area (Å²) in [5, 5.41) is 5.37. The molecule has 0 heterocycles. The summed E-state index contributed by atoms with van der Waals surface area (Å²) in [6.07, 6.45) is 1.90. The van der Waals surface area contributed by atoms with Crippen molar-refractivity contribution < 1.29 is 19.1 Å². The van der Waals surface area contributed by atoms with Gasteiger partial charge in [-0.2, -0.15) is 0 Å². The maximum atomic E-state index is 12.3. The Bertz CT molecular complexity index is 768. The molecule has 0 saturated heterocycles. The average molecular weight is 415 g/mol. The van der Waals surface area contributed by atoms with Crippen LogP contribution in [-0.4, -0.2) is 37.7 Å². The average Bonchev–Trinajstić information content (AvgIpc) is 2.77. The van der Waals surface area contributed by atoms with E-state index in [2.05, 4.69) is 10.6 Å². The third kappa shape index (κ3) is 8.50. The van der Waals surface area contributed by atoms with E-state index in [9.17, 15) is 9.59 Å². The van der Waals surface area contributed by atoms with Crippen LogP contribution in [-0.2, 0) is 16.1 Å². The van der Waals surface area contributed by atoms with E-state index < -0.39 is 18.0 Å². The van der Waals surface area contributed by atoms with Gasteiger partial charge >= 0.3 is 12.0 Å². The number of ether oxygens (including phenoxy) is 2. The van der Waals surface area contributed by atoms with Crippen molar-refractivity contribution in [1.29, 1.82) is 0 Å². The van der Waals surface area contributed by atoms with Crippen molar-refractivity contribution >= 4 is 17.7 Å². The van der Waals surface area contributed by atoms with Gasteiger partial charge in [-0.3, -0.25) is 0 Å². The van der Waals surface area contributed by atoms with Crippen LogP contribution in [0.3, 0.4) is 0 Å². The molecule has 0 spiro atoms. The quantitative estimate of drug-likeness (QED) is 0.312. The normalized spacial score (nSPS) is 11.4. The molecule has 0 aliphatic rings. The Morgan fingerprint density at radius 2 is 1.67 bits per heavy atom. The van der Waals surface area contributed by atoms with Crippen molar-refractivity contribution in [2.45, 2.75) is 31.9 Å². The molecule has 0 aromatic heterocycles. The molecule has 8 heteroatoms. The van der Waals surface area contributed by atoms with Gasteiger partial charge in [-0.1, -0.05) is 30.3 Å². The molecule has 0 radical (unpaired) electrons. The van der Waals surface area contributed by atoms with Crippen LogP contribution in [0.25, 0.3) is 0 Å². The van der Waals surface area contributed by atoms with E-state index in [0.717, 1.165) is 12.0 Å². The number of carbonyl (C=O) groups excluding carboxylic acids is 2. The fraction of sp³-hybridized carbons (Fsp3) is 0.364. The largest absolute Gasteiger partial charge is 0.489 e. The first-order valence-corrected chi connectivity index (χ1v) is 10.0. The Morgan fingerprint density at radius 3 is 2.33 bits per heavy atom. The van der Waals surface area contributed by atoms with Crippen LogP contribution >= 0.6 is 0 Å². The molecule has 0 aliphatic carbocycles. The fourth-order valence-corrected chi connectivity index (χ4v) is 2.70. The first-order chi connectivity index (χ1) is 14.6. The Kier molecular flexibility index (Phi) is 10.2. The third-order valence-corrected chi connectivity index (χ3v) is 4.26. The number of unbranched alkanes of at least 4 members (excludes halogenated alkanes) is 1. The Balaban J connectivity index is 1.85. The molecule has 162 valence electrons. The molecular formula is C22H30N4O4. The van der Waals surface area contributed by atoms with Crippen LogP contribution in [0, 0.1) is 0 Å². The summed E-state index contributed by atoms with van der Waals surface area (Å²) >= 11 is 0. The van der Waals surface area contributed by atoms with E-state index in [4.69, 9.17) is 20.9 Å². The second-order valence-electron chi connectivity index (χ2n) is 6.69. The Morgan fingerprint density at radius 1 is 0.933 bits per heavy atom. The van der Waals surface area contributed by atoms with Gasteiger partial charge < -0.3 is 31.6 Å². The van der Waals surface area contributed by atoms with Crippen LogP contribution in [0.1, 0.15) is 24.8 Å². The minimum atomic E-state index is -0.753. The predicted molar refractivity (Wildman–Crippen MR) is 116 cm³/mol. The van der Waals surface area contributed by atoms with Gasteiger partial charge in [-0.15, -0.1) is 0 Å². The zero-order chi connectivity index (χ0) is 21.6. The van der Waals surface area contributed by atoms with Crippen LogP contribution in [0.4, 0.5) is 10.5 Å². The van der Waals surface area contributed by atoms with E-state index in [-0.39, 0.29) is 13.2 Å². The highest BCUT2D eigenvalue weighted by atomic mass is 16.5. The zero-order valence-electron chi connectivity index (χ0n) is 17.0. The number of hydrogen-bond donors (Lipinski definition) is 4. The summed E-state index contributed by atoms with van der Waals surface area (Å²) in [6.45, 7) is 1.32. The third-order valence-electron chi connectivity index (χ3n) is 4.26. The number of amides is 2. The SMILES string of the molecule is NCCCC[C@H](NC(=O)Nc1ccc(OCc2ccccc2)cc1)C(=O)OCCN. The monoisotopic (exact) mass is 414 g/mol. The smallest absolute Gasteiger partial charge is 0.328 e. The van der Waals surface area contributed by atoms with Crippen LogP contribution < -0.4 is 26.8 Å². The van der Waals surface area contributed by atoms with Crippen LogP contribution in [0.15, 0.2) is 54.6 Å². The van der Waals surface area contributed by atoms with Crippen molar-refractivity contribution in [2.24, 2.45) is 11.5 Å². The molecule has 0 aliphatic heterocycles. The van der Waals surface area contributed by atoms with Crippen molar-refractivity contribution in [3.8, 4) is 5.75 Å². The maximum absolute atomic E-state index is 12.3. The number of anilines is 1. The lowest BCUT2D eigenvalue weighted by molar-refractivity contribution is -0.145. The summed E-state index contributed by atoms with van der Waals surface area (Å²) in [4.78, 5) is 24.5. The molecule has 6 N–H and O–H groups in total. The summed E-state index contributed by atoms with van der Waals surface area (Å²) in [5.74, 6) is 0.187. The van der Waals surface area contributed by atoms with Gasteiger partial charge in [-0.05, 0) is 55.6 Å². The number of urea groups is 1. The summed E-state index contributed by atoms with van der Waals surface area (Å²) in [6, 6.07) is 15.6. The highest BCUT2D eigenvalue weighted by molar-refractivity contribution is 5.92. The summed E-state index contributed by atoms with van der Waals surface area (Å²) < 4.78 is 10.8. The number of rotatable bonds is 12. The summed E-state index contributed by atoms with van der Waals surface area (Å²) in [5.41, 5.74) is 12.5. The molecule has 1 atom stereocenters. The first-order valence-electron chi connectivity index (χ1n) is 10.0. The second-order valence-corrected chi connectivity index (χ2v) is 6.69. The minimum absolute atomic E-state index is 0.111. The lowest BCUT2D eigenvalue weighted by atomic mass is 10.1. The second kappa shape index (κ2) is 13.2. The molecule has 2 aromatic rings. The van der Waals surface area contributed by atoms with Crippen molar-refractivity contribution in [2.75, 3.05) is 25.0 Å². The standard InChI is InChI=1S/C22H30N4O4/c23-13-5-4-8-20(21(27)29-15-14-24)26-22(28)25-18-9-11-19(12-10-18)30-16-17-6-2-1-3-7-17/h1-3,6-7,9-12,20H,4-5,8,13-16,23-24H2,(H2,25,26,28)/t20-/m0/s1. The molecule has 2 rings (SSSR count). The predicted octanol–water partition coefficient (Wildman–Crippen LogP) is 2.39. The van der Waals surface area contributed by atoms with E-state index >= 15 is 0 Å². The molecule has 2 amide bonds. The Hall–Kier alpha value is -3.10. The molecular weight excluding hydrogens is 384 g/mol. The van der Waals surface area contributed by atoms with Crippen molar-refractivity contribution in [3.63, 3.8) is 0 Å². The number of hydrogen-bond acceptors (Lipinski definition) is 6. The van der Waals surface area contributed by atoms with E-state index in [1.165, 1.54) is 0 Å². The van der Waals surface area contributed by atoms with Crippen LogP contribution in [0.5, 0.6) is 5.75 Å². The highest BCUT2D eigenvalue weighted by Gasteiger charge is 2.21. The summed E-state index contributed by atoms with van der Waals surface area (Å²) in [7, 11) is 0. The van der Waals surface area contributed by atoms with Gasteiger partial charge in [0, 0.05) is 12.2 Å². The van der Waals surface area contributed by atoms with E-state index in [0.29, 0.717) is 37.4 Å². The van der Waals surface area contributed by atoms with Gasteiger partial charge in [-0.25, -0.2) is 9.59 Å². The molecule has 30 heavy (non-hydrogen) atoms. The zero-order valence-corrected chi connectivity index (χ0v) is 17.0. The lowest BCUT2D eigenvalue weighted by Gasteiger charge is -2.18. The maximum Gasteiger partial charge on any atom is 0.328 e. The van der Waals surface area contributed by atoms with Gasteiger partial charge in [0.05, 0.1) is 0 Å². The molecule has 0 unspecified atom stereocenters. The van der Waals surface area contributed by atoms with Gasteiger partial charge in [0.1, 0.15) is 25.0 Å². The molecule has 0 bridgehead atoms. The number of carbonyl (C=O) groups is 2. The van der Waals surface area contributed by atoms with Gasteiger partial charge in [0.2, 0.25) is 0 Å². The molecule has 8 nitrogen and oxygen atoms in total. The lowest BCUT2D eigenvalue weighted by Crippen LogP contribution is -2.44. The Labute approximate surface area is 176 Å². The topological polar surface area (TPSA) is 129 Å². The highest BCUT2D eigenvalue weighted by Crippen LogP contribution is 2.17. The van der Waals surface area contributed by atoms with Gasteiger partial charge in [0.15, 0.2) is 0 Å². The van der Waals surface area contributed by atoms with E-state index in [1.54, 1.807) is 24.3 Å². The molecule has 0 fully saturated rings. The number of nitrogens with one attached hydrogen (secondary N) is 2. The number of esters is 1.